The van der Waals surface area contributed by atoms with E-state index in [1.165, 1.54) is 0 Å². The number of esters is 1. The molecule has 0 aromatic carbocycles. The van der Waals surface area contributed by atoms with Crippen molar-refractivity contribution in [2.75, 3.05) is 4.61 Å². The third-order valence-corrected chi connectivity index (χ3v) is 0.672. The molecule has 0 aliphatic carbocycles. The molecule has 0 bridgehead atoms. The standard InChI is InChI=1S/C3H3IO4/c4-1-8-3(7)2(5)6/h1H2,(H,5,6). The molecule has 0 saturated heterocycles. The summed E-state index contributed by atoms with van der Waals surface area (Å²) in [5.41, 5.74) is 0. The highest BCUT2D eigenvalue weighted by Gasteiger charge is 2.10. The van der Waals surface area contributed by atoms with Gasteiger partial charge in [0, 0.05) is 0 Å². The molecule has 0 radical (unpaired) electrons. The first-order chi connectivity index (χ1) is 3.68. The van der Waals surface area contributed by atoms with Crippen LogP contribution in [-0.4, -0.2) is 21.7 Å². The number of alkyl halides is 1. The summed E-state index contributed by atoms with van der Waals surface area (Å²) >= 11 is 1.73. The van der Waals surface area contributed by atoms with Crippen LogP contribution < -0.4 is 0 Å². The van der Waals surface area contributed by atoms with Crippen LogP contribution in [0.5, 0.6) is 0 Å². The normalized spacial score (nSPS) is 8.12. The molecule has 0 aliphatic rings. The Morgan fingerprint density at radius 3 is 2.25 bits per heavy atom. The van der Waals surface area contributed by atoms with E-state index in [2.05, 4.69) is 4.74 Å². The Morgan fingerprint density at radius 2 is 2.12 bits per heavy atom. The van der Waals surface area contributed by atoms with Crippen LogP contribution in [0, 0.1) is 0 Å². The summed E-state index contributed by atoms with van der Waals surface area (Å²) in [5, 5.41) is 7.84. The van der Waals surface area contributed by atoms with E-state index in [9.17, 15) is 9.59 Å². The quantitative estimate of drug-likeness (QED) is 0.298. The van der Waals surface area contributed by atoms with E-state index >= 15 is 0 Å². The third-order valence-electron chi connectivity index (χ3n) is 0.360. The van der Waals surface area contributed by atoms with Gasteiger partial charge in [0.2, 0.25) is 0 Å². The lowest BCUT2D eigenvalue weighted by Gasteiger charge is -1.90. The lowest BCUT2D eigenvalue weighted by molar-refractivity contribution is -0.162. The molecule has 4 nitrogen and oxygen atoms in total. The largest absolute Gasteiger partial charge is 0.473 e. The van der Waals surface area contributed by atoms with E-state index in [1.54, 1.807) is 22.6 Å². The second-order valence-electron chi connectivity index (χ2n) is 0.846. The molecule has 8 heavy (non-hydrogen) atoms. The van der Waals surface area contributed by atoms with Gasteiger partial charge in [0.25, 0.3) is 0 Å². The van der Waals surface area contributed by atoms with Crippen LogP contribution in [0.4, 0.5) is 0 Å². The number of rotatable bonds is 1. The number of carbonyl (C=O) groups excluding carboxylic acids is 1. The van der Waals surface area contributed by atoms with E-state index in [0.29, 0.717) is 0 Å². The van der Waals surface area contributed by atoms with Gasteiger partial charge in [-0.1, -0.05) is 0 Å². The second kappa shape index (κ2) is 3.65. The highest BCUT2D eigenvalue weighted by atomic mass is 127. The van der Waals surface area contributed by atoms with Crippen molar-refractivity contribution < 1.29 is 19.4 Å². The maximum atomic E-state index is 9.92. The van der Waals surface area contributed by atoms with Crippen LogP contribution >= 0.6 is 22.6 Å². The van der Waals surface area contributed by atoms with Gasteiger partial charge in [-0.2, -0.15) is 0 Å². The van der Waals surface area contributed by atoms with E-state index < -0.39 is 11.9 Å². The molecule has 0 spiro atoms. The highest BCUT2D eigenvalue weighted by Crippen LogP contribution is 1.84. The SMILES string of the molecule is O=C(O)C(=O)OCI. The van der Waals surface area contributed by atoms with Crippen LogP contribution in [0.15, 0.2) is 0 Å². The summed E-state index contributed by atoms with van der Waals surface area (Å²) in [7, 11) is 0. The summed E-state index contributed by atoms with van der Waals surface area (Å²) in [5.74, 6) is -2.76. The highest BCUT2D eigenvalue weighted by molar-refractivity contribution is 14.1. The van der Waals surface area contributed by atoms with Crippen molar-refractivity contribution in [3.05, 3.63) is 0 Å². The summed E-state index contributed by atoms with van der Waals surface area (Å²) in [6.07, 6.45) is 0. The van der Waals surface area contributed by atoms with Crippen molar-refractivity contribution in [2.24, 2.45) is 0 Å². The Bertz CT molecular complexity index is 110. The fraction of sp³-hybridized carbons (Fsp3) is 0.333. The average Bonchev–Trinajstić information content (AvgIpc) is 1.67. The van der Waals surface area contributed by atoms with Crippen molar-refractivity contribution in [1.82, 2.24) is 0 Å². The predicted octanol–water partition coefficient (Wildman–Crippen LogP) is 0.00670. The number of halogens is 1. The predicted molar refractivity (Wildman–Crippen MR) is 32.6 cm³/mol. The summed E-state index contributed by atoms with van der Waals surface area (Å²) in [6, 6.07) is 0. The van der Waals surface area contributed by atoms with Crippen molar-refractivity contribution in [3.8, 4) is 0 Å². The number of carboxylic acid groups (broad SMARTS) is 1. The number of aliphatic carboxylic acids is 1. The zero-order valence-corrected chi connectivity index (χ0v) is 5.91. The molecule has 0 heterocycles. The van der Waals surface area contributed by atoms with Gasteiger partial charge >= 0.3 is 11.9 Å². The monoisotopic (exact) mass is 230 g/mol. The summed E-state index contributed by atoms with van der Waals surface area (Å²) in [6.45, 7) is 0. The van der Waals surface area contributed by atoms with Gasteiger partial charge < -0.3 is 9.84 Å². The molecule has 1 N–H and O–H groups in total. The minimum absolute atomic E-state index is 0.0723. The van der Waals surface area contributed by atoms with Gasteiger partial charge in [0.1, 0.15) is 4.61 Å². The molecule has 5 heteroatoms. The molecule has 0 fully saturated rings. The van der Waals surface area contributed by atoms with E-state index in [-0.39, 0.29) is 4.61 Å². The van der Waals surface area contributed by atoms with Gasteiger partial charge in [-0.05, 0) is 22.6 Å². The average molecular weight is 230 g/mol. The molecule has 0 unspecified atom stereocenters. The Balaban J connectivity index is 3.49. The van der Waals surface area contributed by atoms with Gasteiger partial charge in [0.15, 0.2) is 0 Å². The molecular formula is C3H3IO4. The van der Waals surface area contributed by atoms with Crippen LogP contribution in [0.25, 0.3) is 0 Å². The van der Waals surface area contributed by atoms with Crippen LogP contribution in [0.1, 0.15) is 0 Å². The lowest BCUT2D eigenvalue weighted by Crippen LogP contribution is -2.14. The molecule has 46 valence electrons. The molecule has 0 amide bonds. The smallest absolute Gasteiger partial charge is 0.418 e. The number of carboxylic acids is 1. The number of carbonyl (C=O) groups is 2. The first-order valence-corrected chi connectivity index (χ1v) is 3.17. The molecular weight excluding hydrogens is 227 g/mol. The minimum atomic E-state index is -1.55. The fourth-order valence-electron chi connectivity index (χ4n) is 0.111. The Kier molecular flexibility index (Phi) is 3.49. The van der Waals surface area contributed by atoms with Crippen LogP contribution in [-0.2, 0) is 14.3 Å². The maximum Gasteiger partial charge on any atom is 0.418 e. The van der Waals surface area contributed by atoms with Gasteiger partial charge in [-0.25, -0.2) is 9.59 Å². The Morgan fingerprint density at radius 1 is 1.62 bits per heavy atom. The first kappa shape index (κ1) is 7.67. The number of ether oxygens (including phenoxy) is 1. The topological polar surface area (TPSA) is 63.6 Å². The molecule has 0 aromatic rings. The van der Waals surface area contributed by atoms with Crippen molar-refractivity contribution in [2.45, 2.75) is 0 Å². The fourth-order valence-corrected chi connectivity index (χ4v) is 0.394. The molecule has 0 aliphatic heterocycles. The maximum absolute atomic E-state index is 9.92. The molecule has 0 aromatic heterocycles. The minimum Gasteiger partial charge on any atom is -0.473 e. The van der Waals surface area contributed by atoms with Gasteiger partial charge in [0.05, 0.1) is 0 Å². The van der Waals surface area contributed by atoms with E-state index in [4.69, 9.17) is 5.11 Å². The Labute approximate surface area is 59.0 Å². The summed E-state index contributed by atoms with van der Waals surface area (Å²) < 4.78 is 4.12. The van der Waals surface area contributed by atoms with Crippen LogP contribution in [0.2, 0.25) is 0 Å². The molecule has 0 saturated carbocycles. The molecule has 0 rings (SSSR count). The van der Waals surface area contributed by atoms with E-state index in [1.807, 2.05) is 0 Å². The Hall–Kier alpha value is -0.330. The van der Waals surface area contributed by atoms with Crippen molar-refractivity contribution in [1.29, 1.82) is 0 Å². The second-order valence-corrected chi connectivity index (χ2v) is 1.47. The van der Waals surface area contributed by atoms with E-state index in [0.717, 1.165) is 0 Å². The number of hydrogen-bond acceptors (Lipinski definition) is 3. The van der Waals surface area contributed by atoms with Gasteiger partial charge in [-0.15, -0.1) is 0 Å². The first-order valence-electron chi connectivity index (χ1n) is 1.64. The number of hydrogen-bond donors (Lipinski definition) is 1. The van der Waals surface area contributed by atoms with Gasteiger partial charge in [-0.3, -0.25) is 0 Å². The van der Waals surface area contributed by atoms with Crippen molar-refractivity contribution in [3.63, 3.8) is 0 Å². The third kappa shape index (κ3) is 2.78. The molecule has 0 atom stereocenters. The van der Waals surface area contributed by atoms with Crippen molar-refractivity contribution >= 4 is 34.5 Å². The zero-order valence-electron chi connectivity index (χ0n) is 3.76. The van der Waals surface area contributed by atoms with Crippen LogP contribution in [0.3, 0.4) is 0 Å². The zero-order chi connectivity index (χ0) is 6.57. The summed E-state index contributed by atoms with van der Waals surface area (Å²) in [4.78, 5) is 19.5. The lowest BCUT2D eigenvalue weighted by atomic mass is 10.7.